The van der Waals surface area contributed by atoms with Crippen molar-refractivity contribution in [3.63, 3.8) is 0 Å². The Labute approximate surface area is 182 Å². The van der Waals surface area contributed by atoms with Crippen molar-refractivity contribution in [1.82, 2.24) is 15.2 Å². The summed E-state index contributed by atoms with van der Waals surface area (Å²) < 4.78 is 11.5. The highest BCUT2D eigenvalue weighted by molar-refractivity contribution is 7.80. The first-order valence-corrected chi connectivity index (χ1v) is 11.3. The molecule has 2 N–H and O–H groups in total. The maximum atomic E-state index is 12.9. The maximum absolute atomic E-state index is 12.9. The highest BCUT2D eigenvalue weighted by Gasteiger charge is 2.23. The van der Waals surface area contributed by atoms with Gasteiger partial charge in [0.25, 0.3) is 5.56 Å². The molecule has 2 aliphatic rings. The first-order chi connectivity index (χ1) is 14.5. The van der Waals surface area contributed by atoms with Crippen molar-refractivity contribution in [3.05, 3.63) is 45.2 Å². The number of rotatable bonds is 6. The van der Waals surface area contributed by atoms with Gasteiger partial charge in [-0.3, -0.25) is 4.79 Å². The van der Waals surface area contributed by atoms with E-state index >= 15 is 0 Å². The number of hydrogen-bond donors (Lipinski definition) is 2. The molecule has 2 atom stereocenters. The number of aromatic amines is 1. The number of H-pyrrole nitrogens is 1. The van der Waals surface area contributed by atoms with E-state index in [2.05, 4.69) is 34.3 Å². The molecule has 6 nitrogen and oxygen atoms in total. The van der Waals surface area contributed by atoms with Crippen LogP contribution in [-0.4, -0.2) is 53.5 Å². The molecule has 0 spiro atoms. The Bertz CT molecular complexity index is 962. The standard InChI is InChI=1S/C23H31N3O3S/c1-15-7-8-17-11-18(22(27)25-21(17)16(15)2)13-26(14-20-6-4-10-29-20)23(30)24-12-19-5-3-9-28-19/h7-8,11,19-20H,3-6,9-10,12-14H2,1-2H3,(H,24,30)(H,25,27)/t19-,20-/m0/s1. The molecule has 1 aromatic heterocycles. The van der Waals surface area contributed by atoms with Crippen molar-refractivity contribution in [2.75, 3.05) is 26.3 Å². The Morgan fingerprint density at radius 2 is 1.93 bits per heavy atom. The lowest BCUT2D eigenvalue weighted by atomic mass is 10.0. The van der Waals surface area contributed by atoms with Gasteiger partial charge >= 0.3 is 0 Å². The van der Waals surface area contributed by atoms with Gasteiger partial charge in [-0.05, 0) is 74.3 Å². The third kappa shape index (κ3) is 4.85. The van der Waals surface area contributed by atoms with E-state index in [1.807, 2.05) is 13.0 Å². The number of hydrogen-bond acceptors (Lipinski definition) is 4. The Balaban J connectivity index is 1.53. The average molecular weight is 430 g/mol. The van der Waals surface area contributed by atoms with Crippen LogP contribution in [0.1, 0.15) is 42.4 Å². The SMILES string of the molecule is Cc1ccc2cc(CN(C[C@@H]3CCCO3)C(=S)NC[C@@H]3CCCO3)c(=O)[nH]c2c1C. The number of aromatic nitrogens is 1. The maximum Gasteiger partial charge on any atom is 0.253 e. The lowest BCUT2D eigenvalue weighted by Crippen LogP contribution is -2.45. The smallest absolute Gasteiger partial charge is 0.253 e. The van der Waals surface area contributed by atoms with Gasteiger partial charge in [0.15, 0.2) is 5.11 Å². The van der Waals surface area contributed by atoms with Gasteiger partial charge in [0.1, 0.15) is 0 Å². The predicted octanol–water partition coefficient (Wildman–Crippen LogP) is 3.18. The van der Waals surface area contributed by atoms with Gasteiger partial charge in [-0.15, -0.1) is 0 Å². The van der Waals surface area contributed by atoms with Crippen molar-refractivity contribution in [2.45, 2.75) is 58.3 Å². The zero-order valence-electron chi connectivity index (χ0n) is 17.8. The lowest BCUT2D eigenvalue weighted by molar-refractivity contribution is 0.0885. The van der Waals surface area contributed by atoms with E-state index in [1.165, 1.54) is 5.56 Å². The van der Waals surface area contributed by atoms with Crippen molar-refractivity contribution >= 4 is 28.2 Å². The number of aryl methyl sites for hydroxylation is 2. The van der Waals surface area contributed by atoms with Crippen molar-refractivity contribution in [3.8, 4) is 0 Å². The van der Waals surface area contributed by atoms with E-state index in [4.69, 9.17) is 21.7 Å². The molecule has 7 heteroatoms. The Hall–Kier alpha value is -1.96. The molecule has 1 aromatic carbocycles. The van der Waals surface area contributed by atoms with Crippen LogP contribution in [0, 0.1) is 13.8 Å². The molecular formula is C23H31N3O3S. The quantitative estimate of drug-likeness (QED) is 0.688. The second-order valence-corrected chi connectivity index (χ2v) is 8.82. The molecule has 0 radical (unpaired) electrons. The van der Waals surface area contributed by atoms with E-state index in [-0.39, 0.29) is 17.8 Å². The highest BCUT2D eigenvalue weighted by Crippen LogP contribution is 2.20. The third-order valence-corrected chi connectivity index (χ3v) is 6.63. The highest BCUT2D eigenvalue weighted by atomic mass is 32.1. The Morgan fingerprint density at radius 1 is 1.20 bits per heavy atom. The number of benzene rings is 1. The number of nitrogens with one attached hydrogen (secondary N) is 2. The van der Waals surface area contributed by atoms with E-state index in [9.17, 15) is 4.79 Å². The van der Waals surface area contributed by atoms with Crippen molar-refractivity contribution in [1.29, 1.82) is 0 Å². The van der Waals surface area contributed by atoms with E-state index < -0.39 is 0 Å². The number of pyridine rings is 1. The molecule has 30 heavy (non-hydrogen) atoms. The van der Waals surface area contributed by atoms with Crippen LogP contribution in [0.4, 0.5) is 0 Å². The fourth-order valence-corrected chi connectivity index (χ4v) is 4.49. The topological polar surface area (TPSA) is 66.6 Å². The molecule has 4 rings (SSSR count). The second kappa shape index (κ2) is 9.45. The number of thiocarbonyl (C=S) groups is 1. The molecule has 0 amide bonds. The van der Waals surface area contributed by atoms with Gasteiger partial charge in [0.05, 0.1) is 24.3 Å². The predicted molar refractivity (Wildman–Crippen MR) is 123 cm³/mol. The molecule has 2 fully saturated rings. The summed E-state index contributed by atoms with van der Waals surface area (Å²) in [6.07, 6.45) is 4.62. The van der Waals surface area contributed by atoms with Crippen LogP contribution in [0.25, 0.3) is 10.9 Å². The molecule has 2 aliphatic heterocycles. The van der Waals surface area contributed by atoms with Crippen LogP contribution in [0.15, 0.2) is 23.0 Å². The monoisotopic (exact) mass is 429 g/mol. The third-order valence-electron chi connectivity index (χ3n) is 6.23. The minimum absolute atomic E-state index is 0.0598. The Kier molecular flexibility index (Phi) is 6.71. The van der Waals surface area contributed by atoms with Gasteiger partial charge < -0.3 is 24.7 Å². The normalized spacial score (nSPS) is 21.3. The van der Waals surface area contributed by atoms with Gasteiger partial charge in [0, 0.05) is 31.9 Å². The number of nitrogens with zero attached hydrogens (tertiary/aromatic N) is 1. The van der Waals surface area contributed by atoms with Crippen LogP contribution in [0.3, 0.4) is 0 Å². The molecule has 0 saturated carbocycles. The van der Waals surface area contributed by atoms with E-state index in [0.717, 1.165) is 55.4 Å². The summed E-state index contributed by atoms with van der Waals surface area (Å²) >= 11 is 5.71. The van der Waals surface area contributed by atoms with Crippen molar-refractivity contribution < 1.29 is 9.47 Å². The van der Waals surface area contributed by atoms with E-state index in [0.29, 0.717) is 30.3 Å². The molecule has 0 aliphatic carbocycles. The summed E-state index contributed by atoms with van der Waals surface area (Å²) in [7, 11) is 0. The van der Waals surface area contributed by atoms with Crippen LogP contribution >= 0.6 is 12.2 Å². The van der Waals surface area contributed by atoms with Gasteiger partial charge in [0.2, 0.25) is 0 Å². The molecule has 2 saturated heterocycles. The first kappa shape index (κ1) is 21.3. The van der Waals surface area contributed by atoms with Gasteiger partial charge in [-0.2, -0.15) is 0 Å². The molecule has 3 heterocycles. The first-order valence-electron chi connectivity index (χ1n) is 10.9. The van der Waals surface area contributed by atoms with Crippen LogP contribution in [-0.2, 0) is 16.0 Å². The molecule has 0 bridgehead atoms. The van der Waals surface area contributed by atoms with Crippen LogP contribution < -0.4 is 10.9 Å². The summed E-state index contributed by atoms with van der Waals surface area (Å²) in [4.78, 5) is 18.0. The summed E-state index contributed by atoms with van der Waals surface area (Å²) in [5.41, 5.74) is 3.85. The molecule has 162 valence electrons. The molecule has 0 unspecified atom stereocenters. The lowest BCUT2D eigenvalue weighted by Gasteiger charge is -2.29. The van der Waals surface area contributed by atoms with Crippen molar-refractivity contribution in [2.24, 2.45) is 0 Å². The summed E-state index contributed by atoms with van der Waals surface area (Å²) in [5.74, 6) is 0. The summed E-state index contributed by atoms with van der Waals surface area (Å²) in [5, 5.41) is 5.05. The fourth-order valence-electron chi connectivity index (χ4n) is 4.26. The largest absolute Gasteiger partial charge is 0.376 e. The van der Waals surface area contributed by atoms with Gasteiger partial charge in [-0.25, -0.2) is 0 Å². The van der Waals surface area contributed by atoms with E-state index in [1.54, 1.807) is 0 Å². The van der Waals surface area contributed by atoms with Crippen LogP contribution in [0.5, 0.6) is 0 Å². The second-order valence-electron chi connectivity index (χ2n) is 8.43. The zero-order chi connectivity index (χ0) is 21.1. The number of fused-ring (bicyclic) bond motifs is 1. The Morgan fingerprint density at radius 3 is 2.63 bits per heavy atom. The molecule has 2 aromatic rings. The summed E-state index contributed by atoms with van der Waals surface area (Å²) in [6.45, 7) is 7.56. The minimum Gasteiger partial charge on any atom is -0.376 e. The average Bonchev–Trinajstić information content (AvgIpc) is 3.44. The fraction of sp³-hybridized carbons (Fsp3) is 0.565. The van der Waals surface area contributed by atoms with Crippen LogP contribution in [0.2, 0.25) is 0 Å². The van der Waals surface area contributed by atoms with Gasteiger partial charge in [-0.1, -0.05) is 12.1 Å². The number of ether oxygens (including phenoxy) is 2. The minimum atomic E-state index is -0.0598. The summed E-state index contributed by atoms with van der Waals surface area (Å²) in [6, 6.07) is 6.15. The zero-order valence-corrected chi connectivity index (χ0v) is 18.6. The molecular weight excluding hydrogens is 398 g/mol.